The SMILES string of the molecule is CCCC(=O)Oc1cccc2[nH]cc(CCN3CCCC3)c12. The van der Waals surface area contributed by atoms with Crippen LogP contribution in [0.3, 0.4) is 0 Å². The van der Waals surface area contributed by atoms with Crippen LogP contribution in [0.2, 0.25) is 0 Å². The van der Waals surface area contributed by atoms with Gasteiger partial charge in [0.05, 0.1) is 0 Å². The van der Waals surface area contributed by atoms with Gasteiger partial charge >= 0.3 is 5.97 Å². The van der Waals surface area contributed by atoms with Crippen molar-refractivity contribution in [3.05, 3.63) is 30.0 Å². The van der Waals surface area contributed by atoms with E-state index in [1.807, 2.05) is 25.1 Å². The Bertz CT molecular complexity index is 642. The second-order valence-corrected chi connectivity index (χ2v) is 6.02. The molecule has 1 aromatic carbocycles. The van der Waals surface area contributed by atoms with Crippen molar-refractivity contribution in [2.24, 2.45) is 0 Å². The van der Waals surface area contributed by atoms with Gasteiger partial charge in [-0.1, -0.05) is 13.0 Å². The maximum Gasteiger partial charge on any atom is 0.311 e. The number of fused-ring (bicyclic) bond motifs is 1. The number of aromatic nitrogens is 1. The van der Waals surface area contributed by atoms with Gasteiger partial charge in [-0.2, -0.15) is 0 Å². The van der Waals surface area contributed by atoms with E-state index in [0.717, 1.165) is 30.3 Å². The van der Waals surface area contributed by atoms with Crippen LogP contribution in [0.5, 0.6) is 5.75 Å². The molecule has 4 heteroatoms. The van der Waals surface area contributed by atoms with Gasteiger partial charge in [0.2, 0.25) is 0 Å². The number of ether oxygens (including phenoxy) is 1. The van der Waals surface area contributed by atoms with Crippen molar-refractivity contribution in [2.75, 3.05) is 19.6 Å². The highest BCUT2D eigenvalue weighted by Crippen LogP contribution is 2.29. The molecular formula is C18H24N2O2. The molecule has 0 aliphatic carbocycles. The Morgan fingerprint density at radius 1 is 1.32 bits per heavy atom. The minimum absolute atomic E-state index is 0.151. The monoisotopic (exact) mass is 300 g/mol. The molecule has 0 atom stereocenters. The topological polar surface area (TPSA) is 45.3 Å². The Kier molecular flexibility index (Phi) is 4.78. The van der Waals surface area contributed by atoms with E-state index >= 15 is 0 Å². The lowest BCUT2D eigenvalue weighted by atomic mass is 10.1. The fourth-order valence-corrected chi connectivity index (χ4v) is 3.16. The van der Waals surface area contributed by atoms with Crippen molar-refractivity contribution in [3.8, 4) is 5.75 Å². The molecule has 1 N–H and O–H groups in total. The Balaban J connectivity index is 1.79. The molecule has 1 aliphatic rings. The molecular weight excluding hydrogens is 276 g/mol. The summed E-state index contributed by atoms with van der Waals surface area (Å²) >= 11 is 0. The smallest absolute Gasteiger partial charge is 0.311 e. The highest BCUT2D eigenvalue weighted by atomic mass is 16.5. The number of aromatic amines is 1. The predicted octanol–water partition coefficient (Wildman–Crippen LogP) is 3.51. The van der Waals surface area contributed by atoms with Crippen LogP contribution in [0.1, 0.15) is 38.2 Å². The molecule has 1 saturated heterocycles. The Morgan fingerprint density at radius 3 is 2.91 bits per heavy atom. The number of hydrogen-bond acceptors (Lipinski definition) is 3. The molecule has 22 heavy (non-hydrogen) atoms. The summed E-state index contributed by atoms with van der Waals surface area (Å²) in [6.45, 7) is 5.48. The molecule has 2 heterocycles. The third-order valence-corrected chi connectivity index (χ3v) is 4.32. The van der Waals surface area contributed by atoms with Gasteiger partial charge in [0.25, 0.3) is 0 Å². The van der Waals surface area contributed by atoms with Gasteiger partial charge in [-0.15, -0.1) is 0 Å². The second-order valence-electron chi connectivity index (χ2n) is 6.02. The number of likely N-dealkylation sites (tertiary alicyclic amines) is 1. The van der Waals surface area contributed by atoms with Crippen LogP contribution in [0.25, 0.3) is 10.9 Å². The molecule has 118 valence electrons. The molecule has 4 nitrogen and oxygen atoms in total. The fraction of sp³-hybridized carbons (Fsp3) is 0.500. The summed E-state index contributed by atoms with van der Waals surface area (Å²) < 4.78 is 5.57. The number of nitrogens with one attached hydrogen (secondary N) is 1. The summed E-state index contributed by atoms with van der Waals surface area (Å²) in [5.74, 6) is 0.537. The summed E-state index contributed by atoms with van der Waals surface area (Å²) in [6, 6.07) is 5.85. The molecule has 0 unspecified atom stereocenters. The van der Waals surface area contributed by atoms with E-state index in [1.165, 1.54) is 31.5 Å². The van der Waals surface area contributed by atoms with Crippen molar-refractivity contribution < 1.29 is 9.53 Å². The van der Waals surface area contributed by atoms with Crippen molar-refractivity contribution in [2.45, 2.75) is 39.0 Å². The highest BCUT2D eigenvalue weighted by molar-refractivity contribution is 5.91. The van der Waals surface area contributed by atoms with Gasteiger partial charge in [-0.3, -0.25) is 4.79 Å². The number of esters is 1. The van der Waals surface area contributed by atoms with Gasteiger partial charge in [0.1, 0.15) is 5.75 Å². The summed E-state index contributed by atoms with van der Waals surface area (Å²) in [6.07, 6.45) is 6.94. The fourth-order valence-electron chi connectivity index (χ4n) is 3.16. The van der Waals surface area contributed by atoms with Gasteiger partial charge in [-0.25, -0.2) is 0 Å². The number of carbonyl (C=O) groups is 1. The minimum atomic E-state index is -0.151. The normalized spacial score (nSPS) is 15.5. The molecule has 1 fully saturated rings. The number of H-pyrrole nitrogens is 1. The first-order valence-corrected chi connectivity index (χ1v) is 8.30. The standard InChI is InChI=1S/C18H24N2O2/c1-2-6-17(21)22-16-8-5-7-15-18(16)14(13-19-15)9-12-20-10-3-4-11-20/h5,7-8,13,19H,2-4,6,9-12H2,1H3. The van der Waals surface area contributed by atoms with Crippen molar-refractivity contribution in [3.63, 3.8) is 0 Å². The van der Waals surface area contributed by atoms with E-state index in [0.29, 0.717) is 12.2 Å². The van der Waals surface area contributed by atoms with Gasteiger partial charge < -0.3 is 14.6 Å². The van der Waals surface area contributed by atoms with Crippen LogP contribution in [-0.4, -0.2) is 35.5 Å². The zero-order chi connectivity index (χ0) is 15.4. The van der Waals surface area contributed by atoms with Crippen LogP contribution in [0, 0.1) is 0 Å². The van der Waals surface area contributed by atoms with E-state index in [2.05, 4.69) is 16.1 Å². The van der Waals surface area contributed by atoms with Gasteiger partial charge in [-0.05, 0) is 56.5 Å². The molecule has 0 bridgehead atoms. The molecule has 0 spiro atoms. The van der Waals surface area contributed by atoms with E-state index in [-0.39, 0.29) is 5.97 Å². The molecule has 0 saturated carbocycles. The Hall–Kier alpha value is -1.81. The Morgan fingerprint density at radius 2 is 2.14 bits per heavy atom. The summed E-state index contributed by atoms with van der Waals surface area (Å²) in [5, 5.41) is 1.06. The van der Waals surface area contributed by atoms with Crippen LogP contribution in [0.4, 0.5) is 0 Å². The molecule has 3 rings (SSSR count). The molecule has 1 aromatic heterocycles. The minimum Gasteiger partial charge on any atom is -0.426 e. The first-order chi connectivity index (χ1) is 10.8. The number of hydrogen-bond donors (Lipinski definition) is 1. The lowest BCUT2D eigenvalue weighted by Crippen LogP contribution is -2.21. The van der Waals surface area contributed by atoms with Crippen molar-refractivity contribution in [1.82, 2.24) is 9.88 Å². The predicted molar refractivity (Wildman–Crippen MR) is 88.2 cm³/mol. The van der Waals surface area contributed by atoms with E-state index in [1.54, 1.807) is 0 Å². The van der Waals surface area contributed by atoms with Crippen LogP contribution >= 0.6 is 0 Å². The third-order valence-electron chi connectivity index (χ3n) is 4.32. The quantitative estimate of drug-likeness (QED) is 0.656. The van der Waals surface area contributed by atoms with Crippen molar-refractivity contribution in [1.29, 1.82) is 0 Å². The average Bonchev–Trinajstić information content (AvgIpc) is 3.15. The van der Waals surface area contributed by atoms with Crippen LogP contribution < -0.4 is 4.74 Å². The average molecular weight is 300 g/mol. The lowest BCUT2D eigenvalue weighted by molar-refractivity contribution is -0.134. The van der Waals surface area contributed by atoms with Crippen LogP contribution in [0.15, 0.2) is 24.4 Å². The van der Waals surface area contributed by atoms with Crippen LogP contribution in [-0.2, 0) is 11.2 Å². The number of carbonyl (C=O) groups excluding carboxylic acids is 1. The summed E-state index contributed by atoms with van der Waals surface area (Å²) in [7, 11) is 0. The van der Waals surface area contributed by atoms with E-state index < -0.39 is 0 Å². The summed E-state index contributed by atoms with van der Waals surface area (Å²) in [5.41, 5.74) is 2.28. The zero-order valence-corrected chi connectivity index (χ0v) is 13.2. The lowest BCUT2D eigenvalue weighted by Gasteiger charge is -2.14. The highest BCUT2D eigenvalue weighted by Gasteiger charge is 2.15. The largest absolute Gasteiger partial charge is 0.426 e. The first kappa shape index (κ1) is 15.1. The van der Waals surface area contributed by atoms with E-state index in [4.69, 9.17) is 4.74 Å². The maximum absolute atomic E-state index is 11.8. The van der Waals surface area contributed by atoms with Gasteiger partial charge in [0, 0.05) is 30.1 Å². The first-order valence-electron chi connectivity index (χ1n) is 8.30. The third kappa shape index (κ3) is 3.33. The number of rotatable bonds is 6. The second kappa shape index (κ2) is 6.97. The number of nitrogens with zero attached hydrogens (tertiary/aromatic N) is 1. The zero-order valence-electron chi connectivity index (χ0n) is 13.2. The van der Waals surface area contributed by atoms with E-state index in [9.17, 15) is 4.79 Å². The van der Waals surface area contributed by atoms with Crippen molar-refractivity contribution >= 4 is 16.9 Å². The Labute approximate surface area is 131 Å². The molecule has 2 aromatic rings. The molecule has 0 amide bonds. The maximum atomic E-state index is 11.8. The number of benzene rings is 1. The van der Waals surface area contributed by atoms with Gasteiger partial charge in [0.15, 0.2) is 0 Å². The summed E-state index contributed by atoms with van der Waals surface area (Å²) in [4.78, 5) is 17.6. The molecule has 0 radical (unpaired) electrons. The molecule has 1 aliphatic heterocycles.